The summed E-state index contributed by atoms with van der Waals surface area (Å²) < 4.78 is 23.5. The summed E-state index contributed by atoms with van der Waals surface area (Å²) in [6.07, 6.45) is 1.22. The lowest BCUT2D eigenvalue weighted by Crippen LogP contribution is -2.39. The van der Waals surface area contributed by atoms with E-state index in [0.717, 1.165) is 34.4 Å². The number of nitrogens with one attached hydrogen (secondary N) is 3. The van der Waals surface area contributed by atoms with Crippen LogP contribution in [-0.4, -0.2) is 45.3 Å². The maximum Gasteiger partial charge on any atom is 0.191 e. The smallest absolute Gasteiger partial charge is 0.191 e. The van der Waals surface area contributed by atoms with Gasteiger partial charge in [-0.25, -0.2) is 18.4 Å². The predicted molar refractivity (Wildman–Crippen MR) is 143 cm³/mol. The van der Waals surface area contributed by atoms with Crippen molar-refractivity contribution in [2.45, 2.75) is 25.3 Å². The fourth-order valence-corrected chi connectivity index (χ4v) is 4.23. The van der Waals surface area contributed by atoms with Gasteiger partial charge in [-0.2, -0.15) is 0 Å². The maximum absolute atomic E-state index is 11.8. The van der Waals surface area contributed by atoms with E-state index in [9.17, 15) is 8.42 Å². The first-order chi connectivity index (χ1) is 14.9. The van der Waals surface area contributed by atoms with Gasteiger partial charge in [-0.3, -0.25) is 0 Å². The molecular weight excluding hydrogens is 537 g/mol. The number of hydrogen-bond donors (Lipinski definition) is 3. The van der Waals surface area contributed by atoms with Crippen LogP contribution in [0, 0.1) is 6.92 Å². The summed E-state index contributed by atoms with van der Waals surface area (Å²) in [6.45, 7) is 6.39. The van der Waals surface area contributed by atoms with Crippen LogP contribution in [0.3, 0.4) is 0 Å². The standard InChI is InChI=1S/C23H29N5O2S.HI/c1-4-24-23(27-16-18-9-11-21(17(2)15-18)31(3,29)30)26-14-13-25-22-12-10-19-7-5-6-8-20(19)28-22;/h5-12,15H,4,13-14,16H2,1-3H3,(H,25,28)(H2,24,26,27);1H. The van der Waals surface area contributed by atoms with E-state index in [2.05, 4.69) is 32.0 Å². The number of aryl methyl sites for hydroxylation is 1. The van der Waals surface area contributed by atoms with Crippen molar-refractivity contribution in [3.8, 4) is 0 Å². The third kappa shape index (κ3) is 7.33. The number of hydrogen-bond acceptors (Lipinski definition) is 5. The molecule has 0 saturated heterocycles. The van der Waals surface area contributed by atoms with Crippen LogP contribution < -0.4 is 16.0 Å². The van der Waals surface area contributed by atoms with Gasteiger partial charge in [0.1, 0.15) is 5.82 Å². The van der Waals surface area contributed by atoms with E-state index in [0.29, 0.717) is 30.5 Å². The van der Waals surface area contributed by atoms with Gasteiger partial charge >= 0.3 is 0 Å². The van der Waals surface area contributed by atoms with Crippen molar-refractivity contribution in [1.29, 1.82) is 0 Å². The molecule has 172 valence electrons. The minimum atomic E-state index is -3.21. The summed E-state index contributed by atoms with van der Waals surface area (Å²) in [5.74, 6) is 1.55. The highest BCUT2D eigenvalue weighted by atomic mass is 127. The Morgan fingerprint density at radius 2 is 1.81 bits per heavy atom. The molecule has 1 heterocycles. The maximum atomic E-state index is 11.8. The minimum Gasteiger partial charge on any atom is -0.368 e. The Labute approximate surface area is 207 Å². The van der Waals surface area contributed by atoms with Gasteiger partial charge in [0.05, 0.1) is 17.0 Å². The Morgan fingerprint density at radius 1 is 1.03 bits per heavy atom. The minimum absolute atomic E-state index is 0. The van der Waals surface area contributed by atoms with E-state index in [-0.39, 0.29) is 24.0 Å². The number of rotatable bonds is 8. The van der Waals surface area contributed by atoms with Crippen molar-refractivity contribution in [3.05, 3.63) is 65.7 Å². The summed E-state index contributed by atoms with van der Waals surface area (Å²) in [4.78, 5) is 9.57. The summed E-state index contributed by atoms with van der Waals surface area (Å²) in [5, 5.41) is 11.0. The number of pyridine rings is 1. The first kappa shape index (κ1) is 25.9. The molecule has 0 aliphatic rings. The zero-order valence-electron chi connectivity index (χ0n) is 18.6. The molecule has 0 spiro atoms. The van der Waals surface area contributed by atoms with Gasteiger partial charge < -0.3 is 16.0 Å². The van der Waals surface area contributed by atoms with Crippen molar-refractivity contribution in [1.82, 2.24) is 15.6 Å². The normalized spacial score (nSPS) is 11.7. The number of anilines is 1. The van der Waals surface area contributed by atoms with Crippen molar-refractivity contribution >= 4 is 56.5 Å². The molecule has 2 aromatic carbocycles. The highest BCUT2D eigenvalue weighted by molar-refractivity contribution is 14.0. The number of guanidine groups is 1. The second kappa shape index (κ2) is 12.0. The summed E-state index contributed by atoms with van der Waals surface area (Å²) >= 11 is 0. The van der Waals surface area contributed by atoms with Crippen molar-refractivity contribution in [3.63, 3.8) is 0 Å². The van der Waals surface area contributed by atoms with Gasteiger partial charge in [0, 0.05) is 31.3 Å². The number of sulfone groups is 1. The molecule has 0 radical (unpaired) electrons. The van der Waals surface area contributed by atoms with E-state index in [1.807, 2.05) is 49.4 Å². The molecule has 32 heavy (non-hydrogen) atoms. The van der Waals surface area contributed by atoms with Gasteiger partial charge in [-0.15, -0.1) is 24.0 Å². The Balaban J connectivity index is 0.00000363. The van der Waals surface area contributed by atoms with Crippen LogP contribution >= 0.6 is 24.0 Å². The molecular formula is C23H30IN5O2S. The van der Waals surface area contributed by atoms with Gasteiger partial charge in [0.15, 0.2) is 15.8 Å². The second-order valence-corrected chi connectivity index (χ2v) is 9.29. The molecule has 0 aliphatic heterocycles. The zero-order chi connectivity index (χ0) is 22.3. The number of benzene rings is 2. The van der Waals surface area contributed by atoms with Crippen LogP contribution in [0.1, 0.15) is 18.1 Å². The van der Waals surface area contributed by atoms with Crippen molar-refractivity contribution in [2.24, 2.45) is 4.99 Å². The summed E-state index contributed by atoms with van der Waals surface area (Å²) in [7, 11) is -3.21. The molecule has 0 saturated carbocycles. The van der Waals surface area contributed by atoms with Gasteiger partial charge in [-0.05, 0) is 49.2 Å². The Morgan fingerprint density at radius 3 is 2.53 bits per heavy atom. The van der Waals surface area contributed by atoms with Gasteiger partial charge in [-0.1, -0.05) is 30.3 Å². The predicted octanol–water partition coefficient (Wildman–Crippen LogP) is 3.73. The number of fused-ring (bicyclic) bond motifs is 1. The van der Waals surface area contributed by atoms with Crippen molar-refractivity contribution in [2.75, 3.05) is 31.2 Å². The lowest BCUT2D eigenvalue weighted by molar-refractivity contribution is 0.601. The lowest BCUT2D eigenvalue weighted by Gasteiger charge is -2.13. The SMILES string of the molecule is CCNC(=NCc1ccc(S(C)(=O)=O)c(C)c1)NCCNc1ccc2ccccc2n1.I. The van der Waals surface area contributed by atoms with E-state index in [4.69, 9.17) is 0 Å². The molecule has 1 aromatic heterocycles. The topological polar surface area (TPSA) is 95.5 Å². The lowest BCUT2D eigenvalue weighted by atomic mass is 10.1. The Bertz CT molecular complexity index is 1180. The molecule has 7 nitrogen and oxygen atoms in total. The average Bonchev–Trinajstić information content (AvgIpc) is 2.74. The molecule has 3 N–H and O–H groups in total. The Hall–Kier alpha value is -2.40. The number of aromatic nitrogens is 1. The molecule has 3 rings (SSSR count). The number of para-hydroxylation sites is 1. The van der Waals surface area contributed by atoms with Gasteiger partial charge in [0.2, 0.25) is 0 Å². The second-order valence-electron chi connectivity index (χ2n) is 7.31. The van der Waals surface area contributed by atoms with E-state index in [1.165, 1.54) is 6.26 Å². The van der Waals surface area contributed by atoms with E-state index in [1.54, 1.807) is 13.0 Å². The number of halogens is 1. The fourth-order valence-electron chi connectivity index (χ4n) is 3.27. The van der Waals surface area contributed by atoms with E-state index >= 15 is 0 Å². The highest BCUT2D eigenvalue weighted by Crippen LogP contribution is 2.17. The summed E-state index contributed by atoms with van der Waals surface area (Å²) in [5.41, 5.74) is 2.66. The molecule has 0 aliphatic carbocycles. The van der Waals surface area contributed by atoms with Crippen molar-refractivity contribution < 1.29 is 8.42 Å². The van der Waals surface area contributed by atoms with Crippen LogP contribution in [0.5, 0.6) is 0 Å². The fraction of sp³-hybridized carbons (Fsp3) is 0.304. The number of nitrogens with zero attached hydrogens (tertiary/aromatic N) is 2. The third-order valence-electron chi connectivity index (χ3n) is 4.72. The summed E-state index contributed by atoms with van der Waals surface area (Å²) in [6, 6.07) is 17.4. The first-order valence-electron chi connectivity index (χ1n) is 10.3. The molecule has 0 unspecified atom stereocenters. The largest absolute Gasteiger partial charge is 0.368 e. The molecule has 0 atom stereocenters. The number of aliphatic imine (C=N–C) groups is 1. The highest BCUT2D eigenvalue weighted by Gasteiger charge is 2.10. The third-order valence-corrected chi connectivity index (χ3v) is 5.98. The molecule has 0 fully saturated rings. The average molecular weight is 567 g/mol. The molecule has 0 amide bonds. The van der Waals surface area contributed by atoms with Crippen LogP contribution in [-0.2, 0) is 16.4 Å². The monoisotopic (exact) mass is 567 g/mol. The Kier molecular flexibility index (Phi) is 9.70. The van der Waals surface area contributed by atoms with Crippen LogP contribution in [0.15, 0.2) is 64.5 Å². The quantitative estimate of drug-likeness (QED) is 0.166. The zero-order valence-corrected chi connectivity index (χ0v) is 21.7. The van der Waals surface area contributed by atoms with Crippen LogP contribution in [0.2, 0.25) is 0 Å². The van der Waals surface area contributed by atoms with Crippen LogP contribution in [0.4, 0.5) is 5.82 Å². The van der Waals surface area contributed by atoms with E-state index < -0.39 is 9.84 Å². The van der Waals surface area contributed by atoms with Gasteiger partial charge in [0.25, 0.3) is 0 Å². The molecule has 3 aromatic rings. The first-order valence-corrected chi connectivity index (χ1v) is 12.2. The van der Waals surface area contributed by atoms with Crippen LogP contribution in [0.25, 0.3) is 10.9 Å². The molecule has 9 heteroatoms. The molecule has 0 bridgehead atoms.